The van der Waals surface area contributed by atoms with E-state index in [0.29, 0.717) is 11.8 Å². The maximum Gasteiger partial charge on any atom is 0.0469 e. The van der Waals surface area contributed by atoms with Gasteiger partial charge in [-0.3, -0.25) is 0 Å². The Morgan fingerprint density at radius 1 is 1.17 bits per heavy atom. The molecule has 1 heteroatoms. The number of halogens is 1. The first kappa shape index (κ1) is 12.3. The summed E-state index contributed by atoms with van der Waals surface area (Å²) in [4.78, 5) is -0.00917. The molecular formula is C11H23Cl. The largest absolute Gasteiger partial charge is 0.119 e. The van der Waals surface area contributed by atoms with Crippen LogP contribution in [-0.4, -0.2) is 4.87 Å². The lowest BCUT2D eigenvalue weighted by Crippen LogP contribution is -2.33. The zero-order valence-electron chi connectivity index (χ0n) is 9.15. The van der Waals surface area contributed by atoms with Crippen LogP contribution in [0.1, 0.15) is 53.9 Å². The molecule has 12 heavy (non-hydrogen) atoms. The van der Waals surface area contributed by atoms with Crippen LogP contribution in [0.4, 0.5) is 0 Å². The van der Waals surface area contributed by atoms with Crippen molar-refractivity contribution in [3.8, 4) is 0 Å². The van der Waals surface area contributed by atoms with Gasteiger partial charge in [0.15, 0.2) is 0 Å². The Labute approximate surface area is 82.7 Å². The fourth-order valence-electron chi connectivity index (χ4n) is 1.60. The third kappa shape index (κ3) is 2.97. The van der Waals surface area contributed by atoms with E-state index >= 15 is 0 Å². The van der Waals surface area contributed by atoms with Gasteiger partial charge in [-0.25, -0.2) is 0 Å². The van der Waals surface area contributed by atoms with Crippen LogP contribution in [-0.2, 0) is 0 Å². The van der Waals surface area contributed by atoms with Gasteiger partial charge in [-0.1, -0.05) is 40.5 Å². The van der Waals surface area contributed by atoms with Crippen molar-refractivity contribution in [2.24, 2.45) is 11.8 Å². The maximum atomic E-state index is 6.52. The molecule has 0 radical (unpaired) electrons. The molecule has 3 atom stereocenters. The average Bonchev–Trinajstić information content (AvgIpc) is 2.03. The molecule has 0 saturated carbocycles. The molecule has 0 nitrogen and oxygen atoms in total. The Morgan fingerprint density at radius 3 is 2.00 bits per heavy atom. The highest BCUT2D eigenvalue weighted by Crippen LogP contribution is 2.37. The lowest BCUT2D eigenvalue weighted by Gasteiger charge is -2.34. The van der Waals surface area contributed by atoms with Crippen molar-refractivity contribution in [1.29, 1.82) is 0 Å². The van der Waals surface area contributed by atoms with Crippen molar-refractivity contribution in [2.75, 3.05) is 0 Å². The van der Waals surface area contributed by atoms with Crippen LogP contribution < -0.4 is 0 Å². The van der Waals surface area contributed by atoms with E-state index in [1.165, 1.54) is 19.3 Å². The minimum atomic E-state index is -0.00917. The third-order valence-electron chi connectivity index (χ3n) is 3.26. The zero-order valence-corrected chi connectivity index (χ0v) is 9.91. The van der Waals surface area contributed by atoms with Crippen LogP contribution in [0.5, 0.6) is 0 Å². The Bertz CT molecular complexity index is 118. The Balaban J connectivity index is 4.16. The fraction of sp³-hybridized carbons (Fsp3) is 1.00. The van der Waals surface area contributed by atoms with Crippen LogP contribution >= 0.6 is 11.6 Å². The van der Waals surface area contributed by atoms with Gasteiger partial charge in [0.25, 0.3) is 0 Å². The summed E-state index contributed by atoms with van der Waals surface area (Å²) in [5.41, 5.74) is 0. The average molecular weight is 191 g/mol. The topological polar surface area (TPSA) is 0 Å². The molecule has 0 rings (SSSR count). The van der Waals surface area contributed by atoms with Crippen molar-refractivity contribution in [1.82, 2.24) is 0 Å². The minimum Gasteiger partial charge on any atom is -0.119 e. The quantitative estimate of drug-likeness (QED) is 0.562. The van der Waals surface area contributed by atoms with Crippen LogP contribution in [0.3, 0.4) is 0 Å². The van der Waals surface area contributed by atoms with Gasteiger partial charge in [0.05, 0.1) is 0 Å². The molecule has 0 aliphatic carbocycles. The monoisotopic (exact) mass is 190 g/mol. The van der Waals surface area contributed by atoms with Crippen molar-refractivity contribution in [3.05, 3.63) is 0 Å². The van der Waals surface area contributed by atoms with E-state index in [1.807, 2.05) is 0 Å². The first-order valence-corrected chi connectivity index (χ1v) is 5.53. The van der Waals surface area contributed by atoms with E-state index < -0.39 is 0 Å². The van der Waals surface area contributed by atoms with Gasteiger partial charge in [-0.15, -0.1) is 11.6 Å². The summed E-state index contributed by atoms with van der Waals surface area (Å²) in [6, 6.07) is 0. The number of rotatable bonds is 5. The second-order valence-electron chi connectivity index (χ2n) is 4.15. The molecule has 0 saturated heterocycles. The molecule has 3 unspecified atom stereocenters. The molecule has 0 bridgehead atoms. The van der Waals surface area contributed by atoms with Gasteiger partial charge in [-0.2, -0.15) is 0 Å². The summed E-state index contributed by atoms with van der Waals surface area (Å²) in [7, 11) is 0. The predicted molar refractivity (Wildman–Crippen MR) is 57.8 cm³/mol. The third-order valence-corrected chi connectivity index (χ3v) is 4.01. The summed E-state index contributed by atoms with van der Waals surface area (Å²) in [5, 5.41) is 0. The zero-order chi connectivity index (χ0) is 9.78. The van der Waals surface area contributed by atoms with Gasteiger partial charge in [0.1, 0.15) is 0 Å². The van der Waals surface area contributed by atoms with E-state index in [0.717, 1.165) is 0 Å². The number of hydrogen-bond donors (Lipinski definition) is 0. The van der Waals surface area contributed by atoms with Crippen LogP contribution in [0.2, 0.25) is 0 Å². The summed E-state index contributed by atoms with van der Waals surface area (Å²) in [6.45, 7) is 11.1. The molecule has 0 heterocycles. The highest BCUT2D eigenvalue weighted by atomic mass is 35.5. The summed E-state index contributed by atoms with van der Waals surface area (Å²) in [6.07, 6.45) is 3.65. The standard InChI is InChI=1S/C11H23Cl/c1-6-8-10(4)11(5,12)9(3)7-2/h9-10H,6-8H2,1-5H3. The molecule has 74 valence electrons. The maximum absolute atomic E-state index is 6.52. The van der Waals surface area contributed by atoms with E-state index in [4.69, 9.17) is 11.6 Å². The van der Waals surface area contributed by atoms with Gasteiger partial charge in [-0.05, 0) is 25.2 Å². The minimum absolute atomic E-state index is 0.00917. The smallest absolute Gasteiger partial charge is 0.0469 e. The molecule has 0 fully saturated rings. The second-order valence-corrected chi connectivity index (χ2v) is 4.96. The van der Waals surface area contributed by atoms with Crippen molar-refractivity contribution in [2.45, 2.75) is 58.8 Å². The van der Waals surface area contributed by atoms with Crippen molar-refractivity contribution < 1.29 is 0 Å². The number of alkyl halides is 1. The molecule has 0 spiro atoms. The summed E-state index contributed by atoms with van der Waals surface area (Å²) in [5.74, 6) is 1.24. The van der Waals surface area contributed by atoms with E-state index in [1.54, 1.807) is 0 Å². The van der Waals surface area contributed by atoms with E-state index in [2.05, 4.69) is 34.6 Å². The normalized spacial score (nSPS) is 21.5. The molecule has 0 aromatic rings. The van der Waals surface area contributed by atoms with Gasteiger partial charge in [0, 0.05) is 4.87 Å². The van der Waals surface area contributed by atoms with Gasteiger partial charge in [0.2, 0.25) is 0 Å². The molecule has 0 N–H and O–H groups in total. The molecule has 0 aromatic heterocycles. The van der Waals surface area contributed by atoms with Crippen molar-refractivity contribution in [3.63, 3.8) is 0 Å². The number of hydrogen-bond acceptors (Lipinski definition) is 0. The molecule has 0 aromatic carbocycles. The first-order chi connectivity index (χ1) is 5.46. The van der Waals surface area contributed by atoms with Gasteiger partial charge >= 0.3 is 0 Å². The highest BCUT2D eigenvalue weighted by Gasteiger charge is 2.32. The fourth-order valence-corrected chi connectivity index (χ4v) is 1.86. The van der Waals surface area contributed by atoms with Crippen molar-refractivity contribution >= 4 is 11.6 Å². The SMILES string of the molecule is CCCC(C)C(C)(Cl)C(C)CC. The lowest BCUT2D eigenvalue weighted by atomic mass is 9.80. The van der Waals surface area contributed by atoms with E-state index in [-0.39, 0.29) is 4.87 Å². The Hall–Kier alpha value is 0.290. The van der Waals surface area contributed by atoms with Crippen LogP contribution in [0, 0.1) is 11.8 Å². The highest BCUT2D eigenvalue weighted by molar-refractivity contribution is 6.24. The predicted octanol–water partition coefficient (Wildman–Crippen LogP) is 4.47. The van der Waals surface area contributed by atoms with Gasteiger partial charge < -0.3 is 0 Å². The van der Waals surface area contributed by atoms with Crippen LogP contribution in [0.25, 0.3) is 0 Å². The molecule has 0 aliphatic heterocycles. The second kappa shape index (κ2) is 5.11. The van der Waals surface area contributed by atoms with Crippen LogP contribution in [0.15, 0.2) is 0 Å². The molecule has 0 aliphatic rings. The van der Waals surface area contributed by atoms with E-state index in [9.17, 15) is 0 Å². The molecule has 0 amide bonds. The Kier molecular flexibility index (Phi) is 5.24. The Morgan fingerprint density at radius 2 is 1.67 bits per heavy atom. The summed E-state index contributed by atoms with van der Waals surface area (Å²) < 4.78 is 0. The molecular weight excluding hydrogens is 168 g/mol. The first-order valence-electron chi connectivity index (χ1n) is 5.15. The summed E-state index contributed by atoms with van der Waals surface area (Å²) >= 11 is 6.52. The lowest BCUT2D eigenvalue weighted by molar-refractivity contribution is 0.290.